The van der Waals surface area contributed by atoms with Crippen molar-refractivity contribution < 1.29 is 27.9 Å². The van der Waals surface area contributed by atoms with E-state index in [-0.39, 0.29) is 47.7 Å². The summed E-state index contributed by atoms with van der Waals surface area (Å²) >= 11 is 0. The Bertz CT molecular complexity index is 1670. The summed E-state index contributed by atoms with van der Waals surface area (Å²) in [5, 5.41) is 13.3. The number of hydrogen-bond acceptors (Lipinski definition) is 7. The Morgan fingerprint density at radius 2 is 1.92 bits per heavy atom. The first-order valence-electron chi connectivity index (χ1n) is 11.2. The number of aromatic nitrogens is 3. The van der Waals surface area contributed by atoms with Crippen molar-refractivity contribution in [3.8, 4) is 5.69 Å². The molecular weight excluding hydrogens is 491 g/mol. The van der Waals surface area contributed by atoms with E-state index in [1.165, 1.54) is 0 Å². The average molecular weight is 507 g/mol. The first kappa shape index (κ1) is 22.7. The van der Waals surface area contributed by atoms with Crippen molar-refractivity contribution in [2.45, 2.75) is 6.10 Å². The number of hydrogen-bond donors (Lipinski definition) is 1. The van der Waals surface area contributed by atoms with Crippen LogP contribution in [0.15, 0.2) is 64.8 Å². The van der Waals surface area contributed by atoms with E-state index in [9.17, 15) is 23.5 Å². The number of benzene rings is 1. The predicted octanol–water partition coefficient (Wildman–Crippen LogP) is 3.14. The van der Waals surface area contributed by atoms with Gasteiger partial charge in [0.1, 0.15) is 22.9 Å². The third-order valence-corrected chi connectivity index (χ3v) is 6.44. The van der Waals surface area contributed by atoms with Crippen LogP contribution < -0.4 is 10.3 Å². The maximum atomic E-state index is 15.3. The molecule has 1 aromatic carbocycles. The van der Waals surface area contributed by atoms with E-state index >= 15 is 4.39 Å². The minimum Gasteiger partial charge on any atom is -0.477 e. The average Bonchev–Trinajstić information content (AvgIpc) is 3.46. The Morgan fingerprint density at radius 3 is 2.65 bits per heavy atom. The van der Waals surface area contributed by atoms with Gasteiger partial charge < -0.3 is 14.8 Å². The molecule has 5 heterocycles. The van der Waals surface area contributed by atoms with Crippen LogP contribution in [0.3, 0.4) is 0 Å². The van der Waals surface area contributed by atoms with E-state index in [1.54, 1.807) is 23.2 Å². The van der Waals surface area contributed by atoms with E-state index < -0.39 is 34.4 Å². The van der Waals surface area contributed by atoms with Crippen LogP contribution >= 0.6 is 0 Å². The molecule has 37 heavy (non-hydrogen) atoms. The highest BCUT2D eigenvalue weighted by Gasteiger charge is 2.44. The van der Waals surface area contributed by atoms with Crippen LogP contribution in [0.25, 0.3) is 16.7 Å². The molecule has 6 rings (SSSR count). The third kappa shape index (κ3) is 3.68. The van der Waals surface area contributed by atoms with Crippen molar-refractivity contribution >= 4 is 28.5 Å². The van der Waals surface area contributed by atoms with E-state index in [1.807, 2.05) is 6.07 Å². The number of carboxylic acid groups (broad SMARTS) is 1. The quantitative estimate of drug-likeness (QED) is 0.452. The molecule has 0 bridgehead atoms. The molecule has 4 aromatic rings. The summed E-state index contributed by atoms with van der Waals surface area (Å²) in [6, 6.07) is 8.92. The number of carboxylic acids is 1. The molecule has 1 N–H and O–H groups in total. The number of aromatic carboxylic acids is 1. The number of fused-ring (bicyclic) bond motifs is 2. The lowest BCUT2D eigenvalue weighted by Crippen LogP contribution is -2.26. The van der Waals surface area contributed by atoms with Crippen LogP contribution in [0, 0.1) is 23.4 Å². The second-order valence-electron chi connectivity index (χ2n) is 8.65. The zero-order valence-corrected chi connectivity index (χ0v) is 18.8. The highest BCUT2D eigenvalue weighted by Crippen LogP contribution is 2.34. The van der Waals surface area contributed by atoms with Crippen molar-refractivity contribution in [2.75, 3.05) is 18.0 Å². The van der Waals surface area contributed by atoms with Gasteiger partial charge in [0.05, 0.1) is 29.2 Å². The summed E-state index contributed by atoms with van der Waals surface area (Å²) < 4.78 is 44.6. The Hall–Kier alpha value is -4.74. The first-order valence-corrected chi connectivity index (χ1v) is 11.2. The molecule has 2 aliphatic heterocycles. The standard InChI is InChI=1S/C25H16F3N5O4/c26-12-4-5-19(16(27)7-12)33-10-15(25(35)36)22(34)13-8-17(28)24(30-23(13)33)32-9-14-20(11-32)37-31-21(14)18-3-1-2-6-29-18/h1-8,10,14,20H,9,11H2,(H,35,36). The van der Waals surface area contributed by atoms with Gasteiger partial charge in [-0.05, 0) is 30.3 Å². The number of nitrogens with zero attached hydrogens (tertiary/aromatic N) is 5. The van der Waals surface area contributed by atoms with Crippen molar-refractivity contribution in [1.82, 2.24) is 14.5 Å². The van der Waals surface area contributed by atoms with Crippen LogP contribution in [0.1, 0.15) is 16.1 Å². The molecule has 0 aliphatic carbocycles. The van der Waals surface area contributed by atoms with Gasteiger partial charge in [0, 0.05) is 25.0 Å². The lowest BCUT2D eigenvalue weighted by Gasteiger charge is -2.20. The second kappa shape index (κ2) is 8.43. The largest absolute Gasteiger partial charge is 0.477 e. The number of halogens is 3. The molecule has 2 unspecified atom stereocenters. The first-order chi connectivity index (χ1) is 17.8. The topological polar surface area (TPSA) is 110 Å². The van der Waals surface area contributed by atoms with Gasteiger partial charge in [0.25, 0.3) is 0 Å². The van der Waals surface area contributed by atoms with Crippen LogP contribution in [0.4, 0.5) is 19.0 Å². The second-order valence-corrected chi connectivity index (χ2v) is 8.65. The summed E-state index contributed by atoms with van der Waals surface area (Å²) in [5.74, 6) is -4.68. The number of oxime groups is 1. The fraction of sp³-hybridized carbons (Fsp3) is 0.160. The van der Waals surface area contributed by atoms with Crippen molar-refractivity contribution in [3.05, 3.63) is 93.8 Å². The van der Waals surface area contributed by atoms with Crippen molar-refractivity contribution in [2.24, 2.45) is 11.1 Å². The smallest absolute Gasteiger partial charge is 0.341 e. The minimum atomic E-state index is -1.58. The van der Waals surface area contributed by atoms with Crippen LogP contribution in [-0.4, -0.2) is 50.5 Å². The van der Waals surface area contributed by atoms with E-state index in [4.69, 9.17) is 4.84 Å². The van der Waals surface area contributed by atoms with Crippen LogP contribution in [0.2, 0.25) is 0 Å². The Kier molecular flexibility index (Phi) is 5.18. The number of carbonyl (C=O) groups is 1. The minimum absolute atomic E-state index is 0.135. The molecule has 0 saturated carbocycles. The molecular formula is C25H16F3N5O4. The summed E-state index contributed by atoms with van der Waals surface area (Å²) in [5.41, 5.74) is -0.897. The van der Waals surface area contributed by atoms with Crippen molar-refractivity contribution in [1.29, 1.82) is 0 Å². The van der Waals surface area contributed by atoms with E-state index in [2.05, 4.69) is 15.1 Å². The van der Waals surface area contributed by atoms with Crippen LogP contribution in [0.5, 0.6) is 0 Å². The third-order valence-electron chi connectivity index (χ3n) is 6.44. The maximum Gasteiger partial charge on any atom is 0.341 e. The molecule has 0 amide bonds. The molecule has 3 aromatic heterocycles. The maximum absolute atomic E-state index is 15.3. The fourth-order valence-corrected chi connectivity index (χ4v) is 4.71. The fourth-order valence-electron chi connectivity index (χ4n) is 4.71. The lowest BCUT2D eigenvalue weighted by molar-refractivity contribution is 0.0695. The molecule has 1 saturated heterocycles. The summed E-state index contributed by atoms with van der Waals surface area (Å²) in [4.78, 5) is 40.3. The summed E-state index contributed by atoms with van der Waals surface area (Å²) in [7, 11) is 0. The van der Waals surface area contributed by atoms with Crippen molar-refractivity contribution in [3.63, 3.8) is 0 Å². The van der Waals surface area contributed by atoms with Gasteiger partial charge in [-0.15, -0.1) is 0 Å². The van der Waals surface area contributed by atoms with Gasteiger partial charge in [0.2, 0.25) is 5.43 Å². The van der Waals surface area contributed by atoms with E-state index in [0.717, 1.165) is 29.0 Å². The molecule has 186 valence electrons. The molecule has 2 atom stereocenters. The Morgan fingerprint density at radius 1 is 1.08 bits per heavy atom. The molecule has 0 spiro atoms. The monoisotopic (exact) mass is 507 g/mol. The lowest BCUT2D eigenvalue weighted by atomic mass is 9.98. The number of pyridine rings is 3. The number of rotatable bonds is 4. The molecule has 0 radical (unpaired) electrons. The van der Waals surface area contributed by atoms with Gasteiger partial charge in [-0.2, -0.15) is 0 Å². The summed E-state index contributed by atoms with van der Waals surface area (Å²) in [6.07, 6.45) is 2.13. The number of anilines is 1. The highest BCUT2D eigenvalue weighted by atomic mass is 19.1. The molecule has 1 fully saturated rings. The molecule has 12 heteroatoms. The predicted molar refractivity (Wildman–Crippen MR) is 126 cm³/mol. The molecule has 9 nitrogen and oxygen atoms in total. The Labute approximate surface area is 206 Å². The van der Waals surface area contributed by atoms with Crippen LogP contribution in [-0.2, 0) is 4.84 Å². The van der Waals surface area contributed by atoms with Gasteiger partial charge in [-0.3, -0.25) is 14.3 Å². The molecule has 2 aliphatic rings. The SMILES string of the molecule is O=C(O)c1cn(-c2ccc(F)cc2F)c2nc(N3CC4ON=C(c5ccccn5)C4C3)c(F)cc2c1=O. The van der Waals surface area contributed by atoms with Gasteiger partial charge in [0.15, 0.2) is 23.4 Å². The van der Waals surface area contributed by atoms with Gasteiger partial charge in [-0.25, -0.2) is 22.9 Å². The zero-order chi connectivity index (χ0) is 25.8. The van der Waals surface area contributed by atoms with Gasteiger partial charge in [-0.1, -0.05) is 11.2 Å². The summed E-state index contributed by atoms with van der Waals surface area (Å²) in [6.45, 7) is 0.500. The Balaban J connectivity index is 1.47. The van der Waals surface area contributed by atoms with Gasteiger partial charge >= 0.3 is 5.97 Å². The highest BCUT2D eigenvalue weighted by molar-refractivity contribution is 6.02. The normalized spacial score (nSPS) is 18.6. The van der Waals surface area contributed by atoms with E-state index in [0.29, 0.717) is 17.5 Å². The zero-order valence-electron chi connectivity index (χ0n) is 18.8.